The zero-order chi connectivity index (χ0) is 12.2. The highest BCUT2D eigenvalue weighted by Gasteiger charge is 2.35. The Morgan fingerprint density at radius 1 is 1.62 bits per heavy atom. The highest BCUT2D eigenvalue weighted by Crippen LogP contribution is 2.26. The zero-order valence-corrected chi connectivity index (χ0v) is 10.5. The molecule has 1 rings (SSSR count). The summed E-state index contributed by atoms with van der Waals surface area (Å²) in [5.74, 6) is -0.694. The van der Waals surface area contributed by atoms with Crippen molar-refractivity contribution in [3.63, 3.8) is 0 Å². The predicted molar refractivity (Wildman–Crippen MR) is 62.5 cm³/mol. The van der Waals surface area contributed by atoms with Gasteiger partial charge in [0.2, 0.25) is 0 Å². The lowest BCUT2D eigenvalue weighted by Gasteiger charge is -2.32. The van der Waals surface area contributed by atoms with Crippen LogP contribution in [-0.2, 0) is 9.53 Å². The summed E-state index contributed by atoms with van der Waals surface area (Å²) in [6, 6.07) is 0.385. The number of carboxylic acid groups (broad SMARTS) is 1. The number of nitrogens with zero attached hydrogens (tertiary/aromatic N) is 1. The van der Waals surface area contributed by atoms with E-state index in [0.29, 0.717) is 12.6 Å². The Morgan fingerprint density at radius 2 is 2.31 bits per heavy atom. The summed E-state index contributed by atoms with van der Waals surface area (Å²) >= 11 is 0. The van der Waals surface area contributed by atoms with Gasteiger partial charge in [-0.15, -0.1) is 0 Å². The SMILES string of the molecule is CCCC(C)(CN(C)C1CCOC1)C(=O)O. The molecule has 1 saturated heterocycles. The van der Waals surface area contributed by atoms with Crippen molar-refractivity contribution in [1.29, 1.82) is 0 Å². The maximum atomic E-state index is 11.3. The van der Waals surface area contributed by atoms with Crippen LogP contribution in [0.25, 0.3) is 0 Å². The van der Waals surface area contributed by atoms with Crippen LogP contribution in [0.5, 0.6) is 0 Å². The minimum absolute atomic E-state index is 0.385. The molecule has 0 radical (unpaired) electrons. The molecule has 1 aliphatic heterocycles. The third kappa shape index (κ3) is 3.19. The van der Waals surface area contributed by atoms with Crippen LogP contribution in [0.4, 0.5) is 0 Å². The second-order valence-electron chi connectivity index (χ2n) is 5.05. The molecule has 1 aliphatic rings. The smallest absolute Gasteiger partial charge is 0.310 e. The van der Waals surface area contributed by atoms with E-state index in [2.05, 4.69) is 4.90 Å². The maximum Gasteiger partial charge on any atom is 0.310 e. The second-order valence-corrected chi connectivity index (χ2v) is 5.05. The van der Waals surface area contributed by atoms with Gasteiger partial charge >= 0.3 is 5.97 Å². The molecule has 4 nitrogen and oxygen atoms in total. The lowest BCUT2D eigenvalue weighted by Crippen LogP contribution is -2.44. The van der Waals surface area contributed by atoms with Crippen LogP contribution < -0.4 is 0 Å². The molecule has 0 aliphatic carbocycles. The molecule has 0 amide bonds. The Labute approximate surface area is 97.6 Å². The lowest BCUT2D eigenvalue weighted by molar-refractivity contribution is -0.149. The molecule has 0 aromatic carbocycles. The molecule has 0 aromatic rings. The van der Waals surface area contributed by atoms with Crippen LogP contribution >= 0.6 is 0 Å². The number of likely N-dealkylation sites (N-methyl/N-ethyl adjacent to an activating group) is 1. The van der Waals surface area contributed by atoms with Crippen molar-refractivity contribution in [3.8, 4) is 0 Å². The average Bonchev–Trinajstić information content (AvgIpc) is 2.70. The molecular weight excluding hydrogens is 206 g/mol. The normalized spacial score (nSPS) is 24.6. The second kappa shape index (κ2) is 5.64. The number of rotatable bonds is 6. The molecular formula is C12H23NO3. The highest BCUT2D eigenvalue weighted by molar-refractivity contribution is 5.74. The third-order valence-electron chi connectivity index (χ3n) is 3.45. The fourth-order valence-corrected chi connectivity index (χ4v) is 2.35. The summed E-state index contributed by atoms with van der Waals surface area (Å²) in [7, 11) is 2.00. The first-order chi connectivity index (χ1) is 7.49. The molecule has 0 bridgehead atoms. The van der Waals surface area contributed by atoms with E-state index in [0.717, 1.165) is 32.5 Å². The first-order valence-corrected chi connectivity index (χ1v) is 6.01. The van der Waals surface area contributed by atoms with Crippen LogP contribution in [-0.4, -0.2) is 48.8 Å². The third-order valence-corrected chi connectivity index (χ3v) is 3.45. The minimum atomic E-state index is -0.694. The van der Waals surface area contributed by atoms with Gasteiger partial charge in [-0.2, -0.15) is 0 Å². The van der Waals surface area contributed by atoms with Gasteiger partial charge in [-0.25, -0.2) is 0 Å². The summed E-state index contributed by atoms with van der Waals surface area (Å²) in [5, 5.41) is 9.30. The number of hydrogen-bond donors (Lipinski definition) is 1. The number of carboxylic acids is 1. The van der Waals surface area contributed by atoms with Crippen molar-refractivity contribution >= 4 is 5.97 Å². The Kier molecular flexibility index (Phi) is 4.74. The van der Waals surface area contributed by atoms with E-state index in [1.54, 1.807) is 0 Å². The molecule has 2 unspecified atom stereocenters. The van der Waals surface area contributed by atoms with Crippen molar-refractivity contribution in [2.75, 3.05) is 26.8 Å². The molecule has 0 spiro atoms. The zero-order valence-electron chi connectivity index (χ0n) is 10.5. The standard InChI is InChI=1S/C12H23NO3/c1-4-6-12(2,11(14)15)9-13(3)10-5-7-16-8-10/h10H,4-9H2,1-3H3,(H,14,15). The van der Waals surface area contributed by atoms with E-state index in [9.17, 15) is 9.90 Å². The van der Waals surface area contributed by atoms with E-state index in [4.69, 9.17) is 4.74 Å². The van der Waals surface area contributed by atoms with Crippen LogP contribution in [0.1, 0.15) is 33.1 Å². The molecule has 16 heavy (non-hydrogen) atoms. The van der Waals surface area contributed by atoms with Gasteiger partial charge in [-0.3, -0.25) is 9.69 Å². The molecule has 0 aromatic heterocycles. The molecule has 4 heteroatoms. The summed E-state index contributed by atoms with van der Waals surface area (Å²) in [6.07, 6.45) is 2.64. The van der Waals surface area contributed by atoms with Gasteiger partial charge in [-0.05, 0) is 26.8 Å². The summed E-state index contributed by atoms with van der Waals surface area (Å²) in [6.45, 7) is 6.00. The van der Waals surface area contributed by atoms with Crippen LogP contribution in [0.15, 0.2) is 0 Å². The number of hydrogen-bond acceptors (Lipinski definition) is 3. The largest absolute Gasteiger partial charge is 0.481 e. The van der Waals surface area contributed by atoms with E-state index < -0.39 is 11.4 Å². The summed E-state index contributed by atoms with van der Waals surface area (Å²) in [5.41, 5.74) is -0.633. The monoisotopic (exact) mass is 229 g/mol. The number of ether oxygens (including phenoxy) is 1. The van der Waals surface area contributed by atoms with Gasteiger partial charge in [0.15, 0.2) is 0 Å². The average molecular weight is 229 g/mol. The molecule has 1 heterocycles. The summed E-state index contributed by atoms with van der Waals surface area (Å²) in [4.78, 5) is 13.4. The Bertz CT molecular complexity index is 238. The van der Waals surface area contributed by atoms with Crippen LogP contribution in [0, 0.1) is 5.41 Å². The lowest BCUT2D eigenvalue weighted by atomic mass is 9.85. The summed E-state index contributed by atoms with van der Waals surface area (Å²) < 4.78 is 5.32. The predicted octanol–water partition coefficient (Wildman–Crippen LogP) is 1.60. The first kappa shape index (κ1) is 13.5. The van der Waals surface area contributed by atoms with Gasteiger partial charge in [-0.1, -0.05) is 13.3 Å². The maximum absolute atomic E-state index is 11.3. The minimum Gasteiger partial charge on any atom is -0.481 e. The Hall–Kier alpha value is -0.610. The molecule has 2 atom stereocenters. The van der Waals surface area contributed by atoms with E-state index >= 15 is 0 Å². The van der Waals surface area contributed by atoms with E-state index in [1.165, 1.54) is 0 Å². The molecule has 94 valence electrons. The van der Waals surface area contributed by atoms with Gasteiger partial charge in [0.25, 0.3) is 0 Å². The Morgan fingerprint density at radius 3 is 2.75 bits per heavy atom. The first-order valence-electron chi connectivity index (χ1n) is 6.01. The van der Waals surface area contributed by atoms with E-state index in [-0.39, 0.29) is 0 Å². The fourth-order valence-electron chi connectivity index (χ4n) is 2.35. The van der Waals surface area contributed by atoms with Crippen molar-refractivity contribution in [2.45, 2.75) is 39.2 Å². The van der Waals surface area contributed by atoms with Gasteiger partial charge in [0.05, 0.1) is 12.0 Å². The molecule has 0 saturated carbocycles. The molecule has 1 fully saturated rings. The Balaban J connectivity index is 2.56. The van der Waals surface area contributed by atoms with Crippen molar-refractivity contribution < 1.29 is 14.6 Å². The van der Waals surface area contributed by atoms with E-state index in [1.807, 2.05) is 20.9 Å². The van der Waals surface area contributed by atoms with Crippen molar-refractivity contribution in [3.05, 3.63) is 0 Å². The highest BCUT2D eigenvalue weighted by atomic mass is 16.5. The van der Waals surface area contributed by atoms with Gasteiger partial charge < -0.3 is 9.84 Å². The number of aliphatic carboxylic acids is 1. The number of carbonyl (C=O) groups is 1. The van der Waals surface area contributed by atoms with Crippen molar-refractivity contribution in [2.24, 2.45) is 5.41 Å². The van der Waals surface area contributed by atoms with Crippen LogP contribution in [0.2, 0.25) is 0 Å². The van der Waals surface area contributed by atoms with Crippen molar-refractivity contribution in [1.82, 2.24) is 4.90 Å². The topological polar surface area (TPSA) is 49.8 Å². The quantitative estimate of drug-likeness (QED) is 0.751. The van der Waals surface area contributed by atoms with Gasteiger partial charge in [0, 0.05) is 19.2 Å². The fraction of sp³-hybridized carbons (Fsp3) is 0.917. The van der Waals surface area contributed by atoms with Gasteiger partial charge in [0.1, 0.15) is 0 Å². The molecule has 1 N–H and O–H groups in total. The van der Waals surface area contributed by atoms with Crippen LogP contribution in [0.3, 0.4) is 0 Å².